The zero-order chi connectivity index (χ0) is 22.0. The van der Waals surface area contributed by atoms with E-state index in [1.807, 2.05) is 18.2 Å². The van der Waals surface area contributed by atoms with Crippen LogP contribution in [0.3, 0.4) is 0 Å². The van der Waals surface area contributed by atoms with Crippen LogP contribution in [0.5, 0.6) is 0 Å². The summed E-state index contributed by atoms with van der Waals surface area (Å²) in [6.07, 6.45) is 1.53. The third kappa shape index (κ3) is 4.56. The number of piperazine rings is 1. The quantitative estimate of drug-likeness (QED) is 0.453. The van der Waals surface area contributed by atoms with Crippen molar-refractivity contribution in [3.63, 3.8) is 0 Å². The van der Waals surface area contributed by atoms with Gasteiger partial charge in [0.2, 0.25) is 5.95 Å². The molecule has 5 rings (SSSR count). The number of fused-ring (bicyclic) bond motifs is 1. The molecule has 2 aliphatic rings. The first kappa shape index (κ1) is 21.1. The summed E-state index contributed by atoms with van der Waals surface area (Å²) in [5.74, 6) is 2.73. The normalized spacial score (nSPS) is 19.7. The fourth-order valence-electron chi connectivity index (χ4n) is 4.00. The Morgan fingerprint density at radius 1 is 0.906 bits per heavy atom. The average Bonchev–Trinajstić information content (AvgIpc) is 2.83. The van der Waals surface area contributed by atoms with Crippen LogP contribution in [0.1, 0.15) is 5.56 Å². The van der Waals surface area contributed by atoms with Crippen LogP contribution >= 0.6 is 10.6 Å². The van der Waals surface area contributed by atoms with E-state index in [0.717, 1.165) is 37.6 Å². The van der Waals surface area contributed by atoms with Crippen LogP contribution in [-0.2, 0) is 6.54 Å². The third-order valence-electron chi connectivity index (χ3n) is 5.83. The van der Waals surface area contributed by atoms with Gasteiger partial charge < -0.3 is 20.4 Å². The highest BCUT2D eigenvalue weighted by molar-refractivity contribution is 8.24. The van der Waals surface area contributed by atoms with Gasteiger partial charge >= 0.3 is 0 Å². The topological polar surface area (TPSA) is 123 Å². The lowest BCUT2D eigenvalue weighted by molar-refractivity contribution is 0.479. The molecule has 2 aromatic heterocycles. The number of hydrogen-bond acceptors (Lipinski definition) is 10. The fraction of sp³-hybridized carbons (Fsp3) is 0.429. The van der Waals surface area contributed by atoms with Gasteiger partial charge in [0, 0.05) is 45.8 Å². The first-order valence-electron chi connectivity index (χ1n) is 10.8. The lowest BCUT2D eigenvalue weighted by Gasteiger charge is -2.41. The standard InChI is InChI=1S/C21H28N8O2S/c30-32(31)12-10-28(11-13-32)20-18-17(26-21(27-20)29-8-6-22-7-9-29)19(25-15-24-18)23-14-16-4-2-1-3-5-16/h1-5,15,22,30-31H,6-14H2,(H,23,24,25). The molecule has 2 aliphatic heterocycles. The summed E-state index contributed by atoms with van der Waals surface area (Å²) in [6, 6.07) is 10.2. The van der Waals surface area contributed by atoms with Crippen LogP contribution < -0.4 is 20.4 Å². The van der Waals surface area contributed by atoms with E-state index in [1.165, 1.54) is 6.33 Å². The molecule has 1 aromatic carbocycles. The Morgan fingerprint density at radius 2 is 1.66 bits per heavy atom. The Kier molecular flexibility index (Phi) is 5.96. The second-order valence-electron chi connectivity index (χ2n) is 8.04. The van der Waals surface area contributed by atoms with Crippen molar-refractivity contribution in [3.8, 4) is 0 Å². The minimum absolute atomic E-state index is 0.339. The summed E-state index contributed by atoms with van der Waals surface area (Å²) in [4.78, 5) is 23.0. The van der Waals surface area contributed by atoms with Gasteiger partial charge in [0.25, 0.3) is 0 Å². The molecule has 0 radical (unpaired) electrons. The van der Waals surface area contributed by atoms with Crippen LogP contribution in [-0.4, -0.2) is 79.8 Å². The Balaban J connectivity index is 1.53. The molecular formula is C21H28N8O2S. The van der Waals surface area contributed by atoms with E-state index in [4.69, 9.17) is 9.97 Å². The van der Waals surface area contributed by atoms with Crippen molar-refractivity contribution in [1.29, 1.82) is 0 Å². The number of benzene rings is 1. The van der Waals surface area contributed by atoms with Crippen molar-refractivity contribution < 1.29 is 9.11 Å². The fourth-order valence-corrected chi connectivity index (χ4v) is 5.23. The van der Waals surface area contributed by atoms with Crippen molar-refractivity contribution in [1.82, 2.24) is 25.3 Å². The maximum Gasteiger partial charge on any atom is 0.228 e. The van der Waals surface area contributed by atoms with Gasteiger partial charge in [-0.1, -0.05) is 30.3 Å². The summed E-state index contributed by atoms with van der Waals surface area (Å²) < 4.78 is 20.1. The molecule has 3 aromatic rings. The van der Waals surface area contributed by atoms with Crippen molar-refractivity contribution in [2.45, 2.75) is 6.54 Å². The van der Waals surface area contributed by atoms with Crippen molar-refractivity contribution in [2.24, 2.45) is 0 Å². The van der Waals surface area contributed by atoms with E-state index < -0.39 is 10.6 Å². The smallest absolute Gasteiger partial charge is 0.228 e. The van der Waals surface area contributed by atoms with E-state index in [1.54, 1.807) is 0 Å². The molecule has 170 valence electrons. The Bertz CT molecular complexity index is 1070. The molecule has 32 heavy (non-hydrogen) atoms. The summed E-state index contributed by atoms with van der Waals surface area (Å²) in [5.41, 5.74) is 2.50. The Hall–Kier alpha value is -2.73. The van der Waals surface area contributed by atoms with E-state index in [9.17, 15) is 9.11 Å². The monoisotopic (exact) mass is 456 g/mol. The lowest BCUT2D eigenvalue weighted by Crippen LogP contribution is -2.44. The molecule has 4 N–H and O–H groups in total. The van der Waals surface area contributed by atoms with E-state index in [-0.39, 0.29) is 0 Å². The van der Waals surface area contributed by atoms with E-state index >= 15 is 0 Å². The summed E-state index contributed by atoms with van der Waals surface area (Å²) in [5, 5.41) is 6.77. The highest BCUT2D eigenvalue weighted by Gasteiger charge is 2.27. The zero-order valence-corrected chi connectivity index (χ0v) is 18.6. The second kappa shape index (κ2) is 9.02. The van der Waals surface area contributed by atoms with Gasteiger partial charge in [-0.15, -0.1) is 0 Å². The van der Waals surface area contributed by atoms with Crippen molar-refractivity contribution in [3.05, 3.63) is 42.2 Å². The molecular weight excluding hydrogens is 428 g/mol. The van der Waals surface area contributed by atoms with Gasteiger partial charge in [0.1, 0.15) is 17.4 Å². The van der Waals surface area contributed by atoms with Crippen LogP contribution in [0.15, 0.2) is 36.7 Å². The average molecular weight is 457 g/mol. The van der Waals surface area contributed by atoms with Crippen molar-refractivity contribution in [2.75, 3.05) is 65.9 Å². The van der Waals surface area contributed by atoms with Crippen LogP contribution in [0.4, 0.5) is 17.6 Å². The maximum absolute atomic E-state index is 10.1. The number of nitrogens with one attached hydrogen (secondary N) is 2. The number of aromatic nitrogens is 4. The minimum Gasteiger partial charge on any atom is -0.364 e. The van der Waals surface area contributed by atoms with Gasteiger partial charge in [-0.3, -0.25) is 9.11 Å². The zero-order valence-electron chi connectivity index (χ0n) is 17.8. The minimum atomic E-state index is -2.50. The molecule has 0 spiro atoms. The maximum atomic E-state index is 10.1. The van der Waals surface area contributed by atoms with Gasteiger partial charge in [-0.25, -0.2) is 15.0 Å². The second-order valence-corrected chi connectivity index (χ2v) is 10.5. The predicted octanol–water partition coefficient (Wildman–Crippen LogP) is 2.01. The first-order chi connectivity index (χ1) is 15.6. The molecule has 2 fully saturated rings. The SMILES string of the molecule is OS1(O)CCN(c2nc(N3CCNCC3)nc3c(NCc4ccccc4)ncnc23)CC1. The first-order valence-corrected chi connectivity index (χ1v) is 12.7. The number of hydrogen-bond donors (Lipinski definition) is 4. The van der Waals surface area contributed by atoms with E-state index in [2.05, 4.69) is 42.5 Å². The number of nitrogens with zero attached hydrogens (tertiary/aromatic N) is 6. The molecule has 11 heteroatoms. The van der Waals surface area contributed by atoms with Gasteiger partial charge in [-0.05, 0) is 5.56 Å². The van der Waals surface area contributed by atoms with Crippen LogP contribution in [0.2, 0.25) is 0 Å². The molecule has 0 saturated carbocycles. The molecule has 0 atom stereocenters. The highest BCUT2D eigenvalue weighted by atomic mass is 32.3. The van der Waals surface area contributed by atoms with Gasteiger partial charge in [0.05, 0.1) is 11.5 Å². The predicted molar refractivity (Wildman–Crippen MR) is 129 cm³/mol. The number of rotatable bonds is 5. The van der Waals surface area contributed by atoms with Crippen molar-refractivity contribution >= 4 is 39.2 Å². The highest BCUT2D eigenvalue weighted by Crippen LogP contribution is 2.42. The lowest BCUT2D eigenvalue weighted by atomic mass is 10.2. The molecule has 0 unspecified atom stereocenters. The molecule has 4 heterocycles. The Morgan fingerprint density at radius 3 is 2.41 bits per heavy atom. The molecule has 0 bridgehead atoms. The van der Waals surface area contributed by atoms with E-state index in [0.29, 0.717) is 53.9 Å². The number of anilines is 3. The molecule has 2 saturated heterocycles. The molecule has 0 aliphatic carbocycles. The molecule has 10 nitrogen and oxygen atoms in total. The third-order valence-corrected chi connectivity index (χ3v) is 7.50. The van der Waals surface area contributed by atoms with Gasteiger partial charge in [0.15, 0.2) is 11.6 Å². The summed E-state index contributed by atoms with van der Waals surface area (Å²) >= 11 is 0. The largest absolute Gasteiger partial charge is 0.364 e. The van der Waals surface area contributed by atoms with Gasteiger partial charge in [-0.2, -0.15) is 15.6 Å². The molecule has 0 amide bonds. The van der Waals surface area contributed by atoms with Crippen LogP contribution in [0, 0.1) is 0 Å². The summed E-state index contributed by atoms with van der Waals surface area (Å²) in [7, 11) is -2.50. The Labute approximate surface area is 188 Å². The van der Waals surface area contributed by atoms with Crippen LogP contribution in [0.25, 0.3) is 11.0 Å². The summed E-state index contributed by atoms with van der Waals surface area (Å²) in [6.45, 7) is 5.08.